The molecule has 0 aromatic carbocycles. The Morgan fingerprint density at radius 2 is 2.00 bits per heavy atom. The van der Waals surface area contributed by atoms with E-state index >= 15 is 0 Å². The van der Waals surface area contributed by atoms with Gasteiger partial charge in [0.15, 0.2) is 0 Å². The predicted octanol–water partition coefficient (Wildman–Crippen LogP) is 3.47. The molecule has 0 amide bonds. The van der Waals surface area contributed by atoms with Crippen LogP contribution in [0, 0.1) is 11.3 Å². The molecule has 1 aliphatic rings. The molecule has 3 heteroatoms. The Labute approximate surface area is 116 Å². The Morgan fingerprint density at radius 1 is 1.28 bits per heavy atom. The molecule has 3 unspecified atom stereocenters. The summed E-state index contributed by atoms with van der Waals surface area (Å²) in [5, 5.41) is 0.483. The van der Waals surface area contributed by atoms with E-state index in [1.807, 2.05) is 0 Å². The molecule has 1 aliphatic carbocycles. The maximum Gasteiger partial charge on any atom is 0.0350 e. The van der Waals surface area contributed by atoms with Gasteiger partial charge < -0.3 is 5.73 Å². The number of rotatable bonds is 7. The fourth-order valence-corrected chi connectivity index (χ4v) is 4.53. The van der Waals surface area contributed by atoms with Gasteiger partial charge in [-0.15, -0.1) is 0 Å². The molecule has 2 nitrogen and oxygen atoms in total. The molecule has 1 rings (SSSR count). The van der Waals surface area contributed by atoms with Crippen LogP contribution in [0.4, 0.5) is 0 Å². The topological polar surface area (TPSA) is 43.1 Å². The minimum atomic E-state index is -0.589. The Balaban J connectivity index is 2.17. The van der Waals surface area contributed by atoms with Crippen molar-refractivity contribution in [2.75, 3.05) is 12.3 Å². The van der Waals surface area contributed by atoms with Crippen molar-refractivity contribution in [3.05, 3.63) is 0 Å². The Morgan fingerprint density at radius 3 is 2.61 bits per heavy atom. The van der Waals surface area contributed by atoms with Crippen molar-refractivity contribution in [2.45, 2.75) is 71.0 Å². The Kier molecular flexibility index (Phi) is 6.86. The predicted molar refractivity (Wildman–Crippen MR) is 81.1 cm³/mol. The number of hydrogen-bond donors (Lipinski definition) is 1. The van der Waals surface area contributed by atoms with E-state index in [1.54, 1.807) is 0 Å². The average molecular weight is 273 g/mol. The van der Waals surface area contributed by atoms with Crippen molar-refractivity contribution in [3.63, 3.8) is 0 Å². The van der Waals surface area contributed by atoms with Gasteiger partial charge in [0.25, 0.3) is 0 Å². The van der Waals surface area contributed by atoms with E-state index in [-0.39, 0.29) is 5.41 Å². The second-order valence-electron chi connectivity index (χ2n) is 6.80. The van der Waals surface area contributed by atoms with Crippen LogP contribution < -0.4 is 5.73 Å². The second kappa shape index (κ2) is 7.64. The first-order valence-electron chi connectivity index (χ1n) is 7.52. The van der Waals surface area contributed by atoms with E-state index in [4.69, 9.17) is 5.73 Å². The lowest BCUT2D eigenvalue weighted by atomic mass is 9.88. The molecular weight excluding hydrogens is 242 g/mol. The van der Waals surface area contributed by atoms with Crippen LogP contribution in [0.25, 0.3) is 0 Å². The summed E-state index contributed by atoms with van der Waals surface area (Å²) < 4.78 is 12.2. The SMILES string of the molecule is CC1CCCC(S(=O)CCCCC(C)(C)CN)C1. The van der Waals surface area contributed by atoms with Crippen LogP contribution >= 0.6 is 0 Å². The third-order valence-corrected chi connectivity index (χ3v) is 6.12. The molecule has 1 fully saturated rings. The molecule has 108 valence electrons. The van der Waals surface area contributed by atoms with E-state index < -0.39 is 10.8 Å². The summed E-state index contributed by atoms with van der Waals surface area (Å²) in [7, 11) is -0.589. The van der Waals surface area contributed by atoms with E-state index in [2.05, 4.69) is 20.8 Å². The minimum Gasteiger partial charge on any atom is -0.330 e. The monoisotopic (exact) mass is 273 g/mol. The maximum atomic E-state index is 12.2. The van der Waals surface area contributed by atoms with E-state index in [0.29, 0.717) is 5.25 Å². The molecule has 0 aliphatic heterocycles. The summed E-state index contributed by atoms with van der Waals surface area (Å²) in [6.07, 6.45) is 8.39. The zero-order chi connectivity index (χ0) is 13.6. The second-order valence-corrected chi connectivity index (χ2v) is 8.64. The van der Waals surface area contributed by atoms with Crippen molar-refractivity contribution < 1.29 is 4.21 Å². The summed E-state index contributed by atoms with van der Waals surface area (Å²) >= 11 is 0. The molecule has 0 bridgehead atoms. The molecule has 2 N–H and O–H groups in total. The van der Waals surface area contributed by atoms with Crippen molar-refractivity contribution >= 4 is 10.8 Å². The van der Waals surface area contributed by atoms with Gasteiger partial charge in [0.05, 0.1) is 0 Å². The number of hydrogen-bond acceptors (Lipinski definition) is 2. The van der Waals surface area contributed by atoms with Crippen molar-refractivity contribution in [1.29, 1.82) is 0 Å². The Hall–Kier alpha value is 0.110. The summed E-state index contributed by atoms with van der Waals surface area (Å²) in [6.45, 7) is 7.48. The standard InChI is InChI=1S/C15H31NOS/c1-13-7-6-8-14(11-13)18(17)10-5-4-9-15(2,3)12-16/h13-14H,4-12,16H2,1-3H3. The van der Waals surface area contributed by atoms with Crippen molar-refractivity contribution in [3.8, 4) is 0 Å². The van der Waals surface area contributed by atoms with Gasteiger partial charge in [0.2, 0.25) is 0 Å². The first kappa shape index (κ1) is 16.2. The van der Waals surface area contributed by atoms with Crippen LogP contribution in [-0.4, -0.2) is 21.8 Å². The normalized spacial score (nSPS) is 27.1. The van der Waals surface area contributed by atoms with E-state index in [1.165, 1.54) is 25.7 Å². The molecule has 0 aromatic heterocycles. The third-order valence-electron chi connectivity index (χ3n) is 4.26. The smallest absolute Gasteiger partial charge is 0.0350 e. The van der Waals surface area contributed by atoms with Crippen LogP contribution in [0.3, 0.4) is 0 Å². The van der Waals surface area contributed by atoms with Crippen LogP contribution in [0.1, 0.15) is 65.7 Å². The first-order valence-corrected chi connectivity index (χ1v) is 8.90. The lowest BCUT2D eigenvalue weighted by Gasteiger charge is -2.26. The zero-order valence-electron chi connectivity index (χ0n) is 12.4. The zero-order valence-corrected chi connectivity index (χ0v) is 13.2. The van der Waals surface area contributed by atoms with Crippen LogP contribution in [0.15, 0.2) is 0 Å². The summed E-state index contributed by atoms with van der Waals surface area (Å²) in [5.41, 5.74) is 5.97. The van der Waals surface area contributed by atoms with Gasteiger partial charge in [-0.25, -0.2) is 0 Å². The summed E-state index contributed by atoms with van der Waals surface area (Å²) in [5.74, 6) is 1.68. The van der Waals surface area contributed by atoms with Crippen LogP contribution in [0.5, 0.6) is 0 Å². The van der Waals surface area contributed by atoms with Gasteiger partial charge in [0, 0.05) is 21.8 Å². The van der Waals surface area contributed by atoms with Crippen molar-refractivity contribution in [2.24, 2.45) is 17.1 Å². The van der Waals surface area contributed by atoms with Gasteiger partial charge in [0.1, 0.15) is 0 Å². The molecular formula is C15H31NOS. The molecule has 0 aromatic rings. The van der Waals surface area contributed by atoms with Crippen LogP contribution in [-0.2, 0) is 10.8 Å². The van der Waals surface area contributed by atoms with Gasteiger partial charge in [-0.05, 0) is 43.6 Å². The molecule has 18 heavy (non-hydrogen) atoms. The minimum absolute atomic E-state index is 0.251. The molecule has 3 atom stereocenters. The van der Waals surface area contributed by atoms with Gasteiger partial charge in [-0.3, -0.25) is 4.21 Å². The maximum absolute atomic E-state index is 12.2. The van der Waals surface area contributed by atoms with Crippen LogP contribution in [0.2, 0.25) is 0 Å². The largest absolute Gasteiger partial charge is 0.330 e. The fourth-order valence-electron chi connectivity index (χ4n) is 2.73. The highest BCUT2D eigenvalue weighted by molar-refractivity contribution is 7.85. The Bertz CT molecular complexity index is 265. The molecule has 0 saturated heterocycles. The highest BCUT2D eigenvalue weighted by Crippen LogP contribution is 2.28. The summed E-state index contributed by atoms with van der Waals surface area (Å²) in [4.78, 5) is 0. The van der Waals surface area contributed by atoms with Crippen molar-refractivity contribution in [1.82, 2.24) is 0 Å². The number of nitrogens with two attached hydrogens (primary N) is 1. The highest BCUT2D eigenvalue weighted by atomic mass is 32.2. The van der Waals surface area contributed by atoms with Gasteiger partial charge in [-0.2, -0.15) is 0 Å². The lowest BCUT2D eigenvalue weighted by molar-refractivity contribution is 0.335. The fraction of sp³-hybridized carbons (Fsp3) is 1.00. The molecule has 0 spiro atoms. The molecule has 0 radical (unpaired) electrons. The average Bonchev–Trinajstić information content (AvgIpc) is 2.34. The first-order chi connectivity index (χ1) is 8.44. The quantitative estimate of drug-likeness (QED) is 0.722. The van der Waals surface area contributed by atoms with E-state index in [9.17, 15) is 4.21 Å². The third kappa shape index (κ3) is 5.83. The highest BCUT2D eigenvalue weighted by Gasteiger charge is 2.23. The lowest BCUT2D eigenvalue weighted by Crippen LogP contribution is -2.25. The molecule has 1 saturated carbocycles. The van der Waals surface area contributed by atoms with Gasteiger partial charge >= 0.3 is 0 Å². The molecule has 0 heterocycles. The van der Waals surface area contributed by atoms with E-state index in [0.717, 1.165) is 37.5 Å². The summed E-state index contributed by atoms with van der Waals surface area (Å²) in [6, 6.07) is 0. The number of unbranched alkanes of at least 4 members (excludes halogenated alkanes) is 1. The van der Waals surface area contributed by atoms with Gasteiger partial charge in [-0.1, -0.05) is 40.0 Å².